The van der Waals surface area contributed by atoms with Crippen LogP contribution in [0.2, 0.25) is 0 Å². The van der Waals surface area contributed by atoms with Gasteiger partial charge in [0.05, 0.1) is 5.25 Å². The molecule has 2 fully saturated rings. The molecule has 1 aliphatic carbocycles. The zero-order valence-electron chi connectivity index (χ0n) is 20.0. The Kier molecular flexibility index (Phi) is 6.59. The van der Waals surface area contributed by atoms with Crippen molar-refractivity contribution in [2.75, 3.05) is 48.9 Å². The monoisotopic (exact) mass is 493 g/mol. The molecular formula is C25H31N7O2S. The molecule has 0 radical (unpaired) electrons. The molecule has 1 aromatic heterocycles. The van der Waals surface area contributed by atoms with E-state index in [4.69, 9.17) is 0 Å². The smallest absolute Gasteiger partial charge is 0.231 e. The molecule has 3 aromatic rings. The largest absolute Gasteiger partial charge is 0.369 e. The van der Waals surface area contributed by atoms with Gasteiger partial charge in [0.2, 0.25) is 16.0 Å². The third kappa shape index (κ3) is 5.72. The van der Waals surface area contributed by atoms with Crippen LogP contribution in [0.4, 0.5) is 23.1 Å². The molecule has 1 aliphatic heterocycles. The number of rotatable bonds is 8. The van der Waals surface area contributed by atoms with Gasteiger partial charge in [-0.1, -0.05) is 29.8 Å². The third-order valence-electron chi connectivity index (χ3n) is 6.38. The van der Waals surface area contributed by atoms with Gasteiger partial charge in [-0.25, -0.2) is 13.4 Å². The van der Waals surface area contributed by atoms with Crippen LogP contribution in [0.25, 0.3) is 11.1 Å². The summed E-state index contributed by atoms with van der Waals surface area (Å²) in [5.41, 5.74) is 7.59. The predicted octanol–water partition coefficient (Wildman–Crippen LogP) is 3.36. The molecule has 2 aromatic carbocycles. The van der Waals surface area contributed by atoms with Crippen LogP contribution < -0.4 is 20.5 Å². The fourth-order valence-corrected chi connectivity index (χ4v) is 5.25. The number of hydrogen-bond donors (Lipinski definition) is 3. The second kappa shape index (κ2) is 9.80. The van der Waals surface area contributed by atoms with Crippen molar-refractivity contribution in [1.82, 2.24) is 19.7 Å². The average Bonchev–Trinajstić information content (AvgIpc) is 3.71. The van der Waals surface area contributed by atoms with E-state index < -0.39 is 10.0 Å². The molecule has 9 nitrogen and oxygen atoms in total. The summed E-state index contributed by atoms with van der Waals surface area (Å²) in [7, 11) is -1.29. The first-order chi connectivity index (χ1) is 16.9. The van der Waals surface area contributed by atoms with Crippen LogP contribution in [0.15, 0.2) is 54.7 Å². The summed E-state index contributed by atoms with van der Waals surface area (Å²) in [6.07, 6.45) is 3.07. The molecule has 0 atom stereocenters. The number of hydrazine groups is 1. The van der Waals surface area contributed by atoms with Gasteiger partial charge in [-0.2, -0.15) is 4.98 Å². The lowest BCUT2D eigenvalue weighted by Gasteiger charge is -2.34. The number of anilines is 4. The number of benzene rings is 2. The van der Waals surface area contributed by atoms with Crippen LogP contribution in [0, 0.1) is 6.92 Å². The van der Waals surface area contributed by atoms with E-state index in [2.05, 4.69) is 54.5 Å². The van der Waals surface area contributed by atoms with E-state index in [9.17, 15) is 8.42 Å². The van der Waals surface area contributed by atoms with Gasteiger partial charge in [0.15, 0.2) is 5.82 Å². The van der Waals surface area contributed by atoms with Gasteiger partial charge in [-0.3, -0.25) is 5.43 Å². The average molecular weight is 494 g/mol. The van der Waals surface area contributed by atoms with Gasteiger partial charge in [0.1, 0.15) is 0 Å². The highest BCUT2D eigenvalue weighted by Crippen LogP contribution is 2.30. The number of nitrogens with one attached hydrogen (secondary N) is 3. The molecule has 0 unspecified atom stereocenters. The first-order valence-electron chi connectivity index (χ1n) is 11.9. The van der Waals surface area contributed by atoms with Crippen LogP contribution in [0.1, 0.15) is 18.4 Å². The summed E-state index contributed by atoms with van der Waals surface area (Å²) >= 11 is 0. The Balaban J connectivity index is 1.36. The van der Waals surface area contributed by atoms with E-state index in [1.807, 2.05) is 43.3 Å². The fourth-order valence-electron chi connectivity index (χ4n) is 4.09. The van der Waals surface area contributed by atoms with Crippen molar-refractivity contribution >= 4 is 33.2 Å². The maximum atomic E-state index is 12.4. The molecule has 184 valence electrons. The Morgan fingerprint density at radius 2 is 1.74 bits per heavy atom. The van der Waals surface area contributed by atoms with Crippen molar-refractivity contribution in [3.63, 3.8) is 0 Å². The fraction of sp³-hybridized carbons (Fsp3) is 0.360. The maximum absolute atomic E-state index is 12.4. The summed E-state index contributed by atoms with van der Waals surface area (Å²) in [5.74, 6) is 0.772. The molecule has 5 rings (SSSR count). The summed E-state index contributed by atoms with van der Waals surface area (Å²) in [4.78, 5) is 16.3. The molecule has 3 N–H and O–H groups in total. The Bertz CT molecular complexity index is 1290. The topological polar surface area (TPSA) is 102 Å². The second-order valence-corrected chi connectivity index (χ2v) is 11.2. The molecular weight excluding hydrogens is 462 g/mol. The van der Waals surface area contributed by atoms with Crippen LogP contribution in [-0.4, -0.2) is 61.8 Å². The number of likely N-dealkylation sites (N-methyl/N-ethyl adjacent to an activating group) is 1. The minimum atomic E-state index is -3.43. The number of hydrogen-bond acceptors (Lipinski definition) is 8. The van der Waals surface area contributed by atoms with E-state index in [-0.39, 0.29) is 5.25 Å². The van der Waals surface area contributed by atoms with E-state index in [1.54, 1.807) is 6.20 Å². The zero-order chi connectivity index (χ0) is 24.4. The minimum absolute atomic E-state index is 0.337. The number of aryl methyl sites for hydroxylation is 1. The third-order valence-corrected chi connectivity index (χ3v) is 8.12. The van der Waals surface area contributed by atoms with E-state index in [1.165, 1.54) is 5.69 Å². The van der Waals surface area contributed by atoms with Crippen molar-refractivity contribution < 1.29 is 8.42 Å². The van der Waals surface area contributed by atoms with Gasteiger partial charge in [0, 0.05) is 49.3 Å². The standard InChI is InChI=1S/C25H31N7O2S/c1-18-4-3-5-19(16-18)23-17-26-25(28-24(23)29-30-35(33,34)22-10-11-22)27-20-6-8-21(9-7-20)32-14-12-31(2)13-15-32/h3-9,16-17,22,30H,10-15H2,1-2H3,(H2,26,27,28,29). The van der Waals surface area contributed by atoms with Crippen LogP contribution in [-0.2, 0) is 10.0 Å². The maximum Gasteiger partial charge on any atom is 0.231 e. The lowest BCUT2D eigenvalue weighted by atomic mass is 10.1. The van der Waals surface area contributed by atoms with Crippen LogP contribution >= 0.6 is 0 Å². The van der Waals surface area contributed by atoms with Gasteiger partial charge >= 0.3 is 0 Å². The van der Waals surface area contributed by atoms with Crippen molar-refractivity contribution in [3.8, 4) is 11.1 Å². The van der Waals surface area contributed by atoms with Gasteiger partial charge in [0.25, 0.3) is 0 Å². The molecule has 2 heterocycles. The quantitative estimate of drug-likeness (QED) is 0.411. The molecule has 1 saturated heterocycles. The van der Waals surface area contributed by atoms with Crippen molar-refractivity contribution in [2.24, 2.45) is 0 Å². The normalized spacial score (nSPS) is 16.8. The molecule has 10 heteroatoms. The minimum Gasteiger partial charge on any atom is -0.369 e. The lowest BCUT2D eigenvalue weighted by Crippen LogP contribution is -2.44. The zero-order valence-corrected chi connectivity index (χ0v) is 20.8. The van der Waals surface area contributed by atoms with Crippen LogP contribution in [0.5, 0.6) is 0 Å². The van der Waals surface area contributed by atoms with E-state index in [0.29, 0.717) is 30.2 Å². The highest BCUT2D eigenvalue weighted by Gasteiger charge is 2.35. The number of sulfonamides is 1. The molecule has 1 saturated carbocycles. The first kappa shape index (κ1) is 23.5. The Hall–Kier alpha value is -3.21. The van der Waals surface area contributed by atoms with Gasteiger partial charge in [-0.05, 0) is 56.6 Å². The number of nitrogens with zero attached hydrogens (tertiary/aromatic N) is 4. The summed E-state index contributed by atoms with van der Waals surface area (Å²) < 4.78 is 24.8. The van der Waals surface area contributed by atoms with E-state index >= 15 is 0 Å². The van der Waals surface area contributed by atoms with E-state index in [0.717, 1.165) is 43.0 Å². The van der Waals surface area contributed by atoms with Crippen molar-refractivity contribution in [3.05, 3.63) is 60.3 Å². The summed E-state index contributed by atoms with van der Waals surface area (Å²) in [5, 5.41) is 2.90. The van der Waals surface area contributed by atoms with Crippen LogP contribution in [0.3, 0.4) is 0 Å². The highest BCUT2D eigenvalue weighted by atomic mass is 32.2. The van der Waals surface area contributed by atoms with Gasteiger partial charge < -0.3 is 15.1 Å². The number of aromatic nitrogens is 2. The Morgan fingerprint density at radius 3 is 2.43 bits per heavy atom. The Labute approximate surface area is 206 Å². The molecule has 2 aliphatic rings. The lowest BCUT2D eigenvalue weighted by molar-refractivity contribution is 0.313. The van der Waals surface area contributed by atoms with Gasteiger partial charge in [-0.15, -0.1) is 4.83 Å². The molecule has 0 bridgehead atoms. The number of piperazine rings is 1. The van der Waals surface area contributed by atoms with Crippen molar-refractivity contribution in [1.29, 1.82) is 0 Å². The SMILES string of the molecule is Cc1cccc(-c2cnc(Nc3ccc(N4CCN(C)CC4)cc3)nc2NNS(=O)(=O)C2CC2)c1. The molecule has 0 amide bonds. The predicted molar refractivity (Wildman–Crippen MR) is 140 cm³/mol. The molecule has 35 heavy (non-hydrogen) atoms. The summed E-state index contributed by atoms with van der Waals surface area (Å²) in [6.45, 7) is 6.15. The Morgan fingerprint density at radius 1 is 1.00 bits per heavy atom. The summed E-state index contributed by atoms with van der Waals surface area (Å²) in [6, 6.07) is 16.1. The molecule has 0 spiro atoms. The second-order valence-electron chi connectivity index (χ2n) is 9.26. The van der Waals surface area contributed by atoms with Crippen molar-refractivity contribution in [2.45, 2.75) is 25.0 Å². The highest BCUT2D eigenvalue weighted by molar-refractivity contribution is 7.90. The first-order valence-corrected chi connectivity index (χ1v) is 13.4.